The highest BCUT2D eigenvalue weighted by molar-refractivity contribution is 6.35. The lowest BCUT2D eigenvalue weighted by atomic mass is 9.97. The van der Waals surface area contributed by atoms with Crippen LogP contribution in [0.5, 0.6) is 0 Å². The highest BCUT2D eigenvalue weighted by Crippen LogP contribution is 2.36. The Balaban J connectivity index is 1.06. The summed E-state index contributed by atoms with van der Waals surface area (Å²) in [6, 6.07) is 43.2. The molecule has 11 heteroatoms. The summed E-state index contributed by atoms with van der Waals surface area (Å²) in [6.45, 7) is 0. The molecule has 278 valence electrons. The fraction of sp³-hybridized carbons (Fsp3) is 0. The first kappa shape index (κ1) is 35.4. The van der Waals surface area contributed by atoms with Gasteiger partial charge < -0.3 is 10.2 Å². The smallest absolute Gasteiger partial charge is 0.335 e. The minimum absolute atomic E-state index is 0.0209. The first-order valence-corrected chi connectivity index (χ1v) is 18.0. The van der Waals surface area contributed by atoms with Gasteiger partial charge in [0.1, 0.15) is 0 Å². The normalized spacial score (nSPS) is 13.2. The zero-order valence-electron chi connectivity index (χ0n) is 30.1. The van der Waals surface area contributed by atoms with E-state index >= 15 is 0 Å². The molecule has 0 saturated carbocycles. The lowest BCUT2D eigenvalue weighted by Gasteiger charge is -2.16. The number of pyridine rings is 1. The second-order valence-corrected chi connectivity index (χ2v) is 13.7. The largest absolute Gasteiger partial charge is 0.478 e. The Morgan fingerprint density at radius 1 is 0.379 bits per heavy atom. The summed E-state index contributed by atoms with van der Waals surface area (Å²) < 4.78 is 0. The molecule has 7 aromatic rings. The number of benzene rings is 6. The van der Waals surface area contributed by atoms with Crippen LogP contribution in [-0.4, -0.2) is 50.8 Å². The van der Waals surface area contributed by atoms with E-state index in [4.69, 9.17) is 4.98 Å². The number of carboxylic acid groups (broad SMARTS) is 2. The van der Waals surface area contributed by atoms with Gasteiger partial charge in [-0.1, -0.05) is 78.9 Å². The van der Waals surface area contributed by atoms with Crippen LogP contribution in [0.4, 0.5) is 11.4 Å². The molecule has 6 aromatic carbocycles. The Bertz CT molecular complexity index is 2750. The second kappa shape index (κ2) is 13.8. The van der Waals surface area contributed by atoms with Gasteiger partial charge in [-0.25, -0.2) is 24.4 Å². The maximum atomic E-state index is 13.3. The number of aromatic nitrogens is 1. The van der Waals surface area contributed by atoms with Crippen LogP contribution in [-0.2, 0) is 0 Å². The van der Waals surface area contributed by atoms with Crippen LogP contribution in [0.15, 0.2) is 152 Å². The van der Waals surface area contributed by atoms with Crippen LogP contribution in [0.25, 0.3) is 44.8 Å². The number of amides is 4. The molecule has 0 unspecified atom stereocenters. The van der Waals surface area contributed by atoms with Crippen molar-refractivity contribution in [3.8, 4) is 44.8 Å². The zero-order chi connectivity index (χ0) is 40.2. The fourth-order valence-electron chi connectivity index (χ4n) is 7.26. The summed E-state index contributed by atoms with van der Waals surface area (Å²) in [5.74, 6) is -4.76. The predicted molar refractivity (Wildman–Crippen MR) is 215 cm³/mol. The Hall–Kier alpha value is -8.31. The van der Waals surface area contributed by atoms with E-state index in [2.05, 4.69) is 0 Å². The maximum Gasteiger partial charge on any atom is 0.335 e. The molecule has 2 N–H and O–H groups in total. The zero-order valence-corrected chi connectivity index (χ0v) is 30.1. The molecule has 11 nitrogen and oxygen atoms in total. The van der Waals surface area contributed by atoms with Crippen LogP contribution >= 0.6 is 0 Å². The van der Waals surface area contributed by atoms with E-state index in [0.29, 0.717) is 33.9 Å². The lowest BCUT2D eigenvalue weighted by Crippen LogP contribution is -2.29. The minimum Gasteiger partial charge on any atom is -0.478 e. The lowest BCUT2D eigenvalue weighted by molar-refractivity contribution is 0.0686. The number of aromatic carboxylic acids is 2. The van der Waals surface area contributed by atoms with Crippen molar-refractivity contribution in [3.63, 3.8) is 0 Å². The van der Waals surface area contributed by atoms with E-state index in [1.165, 1.54) is 36.4 Å². The number of carbonyl (C=O) groups is 6. The van der Waals surface area contributed by atoms with Gasteiger partial charge in [0.05, 0.1) is 56.1 Å². The quantitative estimate of drug-likeness (QED) is 0.144. The van der Waals surface area contributed by atoms with Crippen molar-refractivity contribution in [2.75, 3.05) is 9.80 Å². The van der Waals surface area contributed by atoms with Gasteiger partial charge in [-0.3, -0.25) is 19.2 Å². The predicted octanol–water partition coefficient (Wildman–Crippen LogP) is 8.75. The first-order chi connectivity index (χ1) is 28.0. The average molecular weight is 762 g/mol. The SMILES string of the molecule is O=C(O)c1ccc2c(c1)C(=O)N(c1ccc(-c3cc(-c4ccc(-c5ccccc5)cc4)cc(-c4ccc(N5C(=O)c6ccc(C(=O)O)cc6C5=O)cc4)n3)cc1)C2=O. The van der Waals surface area contributed by atoms with E-state index < -0.39 is 35.6 Å². The maximum absolute atomic E-state index is 13.3. The molecule has 1 aromatic heterocycles. The third kappa shape index (κ3) is 5.99. The molecule has 2 aliphatic heterocycles. The molecular formula is C47H27N3O8. The first-order valence-electron chi connectivity index (χ1n) is 18.0. The highest BCUT2D eigenvalue weighted by Gasteiger charge is 2.38. The molecule has 0 saturated heterocycles. The molecule has 0 aliphatic carbocycles. The number of rotatable bonds is 8. The van der Waals surface area contributed by atoms with Crippen molar-refractivity contribution >= 4 is 46.9 Å². The number of anilines is 2. The molecular weight excluding hydrogens is 735 g/mol. The average Bonchev–Trinajstić information content (AvgIpc) is 3.66. The van der Waals surface area contributed by atoms with Crippen molar-refractivity contribution in [2.45, 2.75) is 0 Å². The third-order valence-electron chi connectivity index (χ3n) is 10.3. The van der Waals surface area contributed by atoms with E-state index in [-0.39, 0.29) is 33.4 Å². The number of nitrogens with zero attached hydrogens (tertiary/aromatic N) is 3. The summed E-state index contributed by atoms with van der Waals surface area (Å²) in [7, 11) is 0. The van der Waals surface area contributed by atoms with Gasteiger partial charge in [0.25, 0.3) is 23.6 Å². The molecule has 0 radical (unpaired) electrons. The Labute approximate surface area is 329 Å². The molecule has 0 fully saturated rings. The summed E-state index contributed by atoms with van der Waals surface area (Å²) >= 11 is 0. The molecule has 0 atom stereocenters. The van der Waals surface area contributed by atoms with Gasteiger partial charge in [-0.2, -0.15) is 0 Å². The van der Waals surface area contributed by atoms with Gasteiger partial charge in [-0.05, 0) is 95.1 Å². The van der Waals surface area contributed by atoms with E-state index in [1.807, 2.05) is 66.7 Å². The molecule has 0 spiro atoms. The topological polar surface area (TPSA) is 162 Å². The second-order valence-electron chi connectivity index (χ2n) is 13.7. The molecule has 3 heterocycles. The van der Waals surface area contributed by atoms with Crippen LogP contribution in [0.1, 0.15) is 62.1 Å². The van der Waals surface area contributed by atoms with Gasteiger partial charge in [0.2, 0.25) is 0 Å². The van der Waals surface area contributed by atoms with Gasteiger partial charge in [0.15, 0.2) is 0 Å². The van der Waals surface area contributed by atoms with Gasteiger partial charge >= 0.3 is 11.9 Å². The number of imide groups is 2. The Kier molecular flexibility index (Phi) is 8.40. The highest BCUT2D eigenvalue weighted by atomic mass is 16.4. The third-order valence-corrected chi connectivity index (χ3v) is 10.3. The van der Waals surface area contributed by atoms with Gasteiger partial charge in [-0.15, -0.1) is 0 Å². The van der Waals surface area contributed by atoms with Crippen molar-refractivity contribution < 1.29 is 39.0 Å². The van der Waals surface area contributed by atoms with Crippen LogP contribution < -0.4 is 9.80 Å². The molecule has 58 heavy (non-hydrogen) atoms. The molecule has 4 amide bonds. The van der Waals surface area contributed by atoms with Gasteiger partial charge in [0, 0.05) is 11.1 Å². The van der Waals surface area contributed by atoms with Crippen LogP contribution in [0.2, 0.25) is 0 Å². The van der Waals surface area contributed by atoms with E-state index in [9.17, 15) is 39.0 Å². The van der Waals surface area contributed by atoms with E-state index in [1.54, 1.807) is 48.5 Å². The number of fused-ring (bicyclic) bond motifs is 2. The molecule has 0 bridgehead atoms. The summed E-state index contributed by atoms with van der Waals surface area (Å²) in [5, 5.41) is 18.8. The summed E-state index contributed by atoms with van der Waals surface area (Å²) in [6.07, 6.45) is 0. The van der Waals surface area contributed by atoms with Crippen LogP contribution in [0.3, 0.4) is 0 Å². The van der Waals surface area contributed by atoms with Crippen LogP contribution in [0, 0.1) is 0 Å². The van der Waals surface area contributed by atoms with Crippen molar-refractivity contribution in [2.24, 2.45) is 0 Å². The standard InChI is InChI=1S/C47H27N3O8/c51-42-36-20-14-31(46(55)56)22-38(36)44(53)49(42)34-16-10-29(11-17-34)40-24-33(28-8-6-27(7-9-28)26-4-2-1-3-5-26)25-41(48-40)30-12-18-35(19-13-30)50-43(52)37-21-15-32(47(57)58)23-39(37)45(50)54/h1-25H,(H,55,56)(H,57,58). The summed E-state index contributed by atoms with van der Waals surface area (Å²) in [4.78, 5) is 83.3. The summed E-state index contributed by atoms with van der Waals surface area (Å²) in [5.41, 5.74) is 7.12. The fourth-order valence-corrected chi connectivity index (χ4v) is 7.26. The number of hydrogen-bond donors (Lipinski definition) is 2. The number of hydrogen-bond acceptors (Lipinski definition) is 7. The Morgan fingerprint density at radius 2 is 0.741 bits per heavy atom. The van der Waals surface area contributed by atoms with Crippen molar-refractivity contribution in [1.29, 1.82) is 0 Å². The minimum atomic E-state index is -1.21. The molecule has 2 aliphatic rings. The number of carboxylic acids is 2. The monoisotopic (exact) mass is 761 g/mol. The van der Waals surface area contributed by atoms with E-state index in [0.717, 1.165) is 32.1 Å². The van der Waals surface area contributed by atoms with Crippen molar-refractivity contribution in [3.05, 3.63) is 185 Å². The van der Waals surface area contributed by atoms with Crippen molar-refractivity contribution in [1.82, 2.24) is 4.98 Å². The number of carbonyl (C=O) groups excluding carboxylic acids is 4. The Morgan fingerprint density at radius 3 is 1.16 bits per heavy atom. The molecule has 9 rings (SSSR count).